The molecule has 0 fully saturated rings. The molecule has 0 saturated heterocycles. The summed E-state index contributed by atoms with van der Waals surface area (Å²) < 4.78 is 1.26. The third-order valence-corrected chi connectivity index (χ3v) is 4.43. The van der Waals surface area contributed by atoms with Gasteiger partial charge in [-0.25, -0.2) is 0 Å². The number of fused-ring (bicyclic) bond motifs is 1. The highest BCUT2D eigenvalue weighted by atomic mass is 79.9. The molecule has 0 bridgehead atoms. The van der Waals surface area contributed by atoms with Gasteiger partial charge in [0.1, 0.15) is 0 Å². The second kappa shape index (κ2) is 7.27. The molecule has 1 aromatic rings. The Morgan fingerprint density at radius 1 is 1.22 bits per heavy atom. The normalized spacial score (nSPS) is 18.0. The Labute approximate surface area is 118 Å². The van der Waals surface area contributed by atoms with E-state index >= 15 is 0 Å². The van der Waals surface area contributed by atoms with Gasteiger partial charge in [-0.1, -0.05) is 40.9 Å². The highest BCUT2D eigenvalue weighted by molar-refractivity contribution is 9.10. The lowest BCUT2D eigenvalue weighted by atomic mass is 10.1. The van der Waals surface area contributed by atoms with E-state index in [1.165, 1.54) is 41.3 Å². The number of benzene rings is 1. The molecular weight excluding hydrogens is 290 g/mol. The molecule has 100 valence electrons. The van der Waals surface area contributed by atoms with Crippen molar-refractivity contribution < 1.29 is 5.11 Å². The molecular formula is C15H22BrNO. The summed E-state index contributed by atoms with van der Waals surface area (Å²) in [6.45, 7) is 1.42. The van der Waals surface area contributed by atoms with Crippen molar-refractivity contribution in [2.24, 2.45) is 0 Å². The Kier molecular flexibility index (Phi) is 5.67. The molecule has 18 heavy (non-hydrogen) atoms. The van der Waals surface area contributed by atoms with Crippen molar-refractivity contribution in [1.29, 1.82) is 0 Å². The van der Waals surface area contributed by atoms with E-state index < -0.39 is 0 Å². The standard InChI is InChI=1S/C15H22BrNO/c16-14-7-5-6-13-12(14)8-9-15(13)17-10-3-1-2-4-11-18/h5-7,15,17-18H,1-4,8-11H2. The first-order chi connectivity index (χ1) is 8.83. The van der Waals surface area contributed by atoms with Gasteiger partial charge in [-0.2, -0.15) is 0 Å². The van der Waals surface area contributed by atoms with Crippen LogP contribution < -0.4 is 5.32 Å². The number of hydrogen-bond donors (Lipinski definition) is 2. The van der Waals surface area contributed by atoms with E-state index in [-0.39, 0.29) is 0 Å². The topological polar surface area (TPSA) is 32.3 Å². The van der Waals surface area contributed by atoms with Gasteiger partial charge in [0.15, 0.2) is 0 Å². The van der Waals surface area contributed by atoms with Gasteiger partial charge < -0.3 is 10.4 Å². The maximum absolute atomic E-state index is 8.71. The van der Waals surface area contributed by atoms with Gasteiger partial charge in [0.25, 0.3) is 0 Å². The first-order valence-electron chi connectivity index (χ1n) is 6.94. The molecule has 0 amide bonds. The number of aliphatic hydroxyl groups excluding tert-OH is 1. The summed E-state index contributed by atoms with van der Waals surface area (Å²) in [5, 5.41) is 12.4. The highest BCUT2D eigenvalue weighted by Crippen LogP contribution is 2.35. The van der Waals surface area contributed by atoms with Crippen molar-refractivity contribution >= 4 is 15.9 Å². The molecule has 2 nitrogen and oxygen atoms in total. The first-order valence-corrected chi connectivity index (χ1v) is 7.73. The van der Waals surface area contributed by atoms with Crippen LogP contribution in [0, 0.1) is 0 Å². The van der Waals surface area contributed by atoms with Crippen molar-refractivity contribution in [3.63, 3.8) is 0 Å². The summed E-state index contributed by atoms with van der Waals surface area (Å²) in [6, 6.07) is 7.05. The minimum absolute atomic E-state index is 0.331. The van der Waals surface area contributed by atoms with E-state index in [9.17, 15) is 0 Å². The van der Waals surface area contributed by atoms with Gasteiger partial charge in [-0.15, -0.1) is 0 Å². The monoisotopic (exact) mass is 311 g/mol. The maximum Gasteiger partial charge on any atom is 0.0431 e. The van der Waals surface area contributed by atoms with Crippen LogP contribution in [0.2, 0.25) is 0 Å². The van der Waals surface area contributed by atoms with Crippen LogP contribution in [-0.2, 0) is 6.42 Å². The summed E-state index contributed by atoms with van der Waals surface area (Å²) in [5.74, 6) is 0. The van der Waals surface area contributed by atoms with E-state index in [4.69, 9.17) is 5.11 Å². The predicted molar refractivity (Wildman–Crippen MR) is 78.8 cm³/mol. The van der Waals surface area contributed by atoms with E-state index in [1.807, 2.05) is 0 Å². The maximum atomic E-state index is 8.71. The molecule has 0 heterocycles. The smallest absolute Gasteiger partial charge is 0.0431 e. The lowest BCUT2D eigenvalue weighted by Gasteiger charge is -2.14. The molecule has 1 unspecified atom stereocenters. The van der Waals surface area contributed by atoms with Crippen molar-refractivity contribution in [1.82, 2.24) is 5.32 Å². The molecule has 1 atom stereocenters. The number of halogens is 1. The Balaban J connectivity index is 1.75. The highest BCUT2D eigenvalue weighted by Gasteiger charge is 2.22. The second-order valence-electron chi connectivity index (χ2n) is 4.99. The zero-order chi connectivity index (χ0) is 12.8. The fraction of sp³-hybridized carbons (Fsp3) is 0.600. The van der Waals surface area contributed by atoms with E-state index in [0.29, 0.717) is 12.6 Å². The van der Waals surface area contributed by atoms with Crippen molar-refractivity contribution in [2.45, 2.75) is 44.6 Å². The van der Waals surface area contributed by atoms with Gasteiger partial charge in [-0.05, 0) is 49.4 Å². The van der Waals surface area contributed by atoms with Gasteiger partial charge >= 0.3 is 0 Å². The minimum Gasteiger partial charge on any atom is -0.396 e. The Hall–Kier alpha value is -0.380. The Morgan fingerprint density at radius 2 is 2.06 bits per heavy atom. The summed E-state index contributed by atoms with van der Waals surface area (Å²) in [7, 11) is 0. The number of unbranched alkanes of at least 4 members (excludes halogenated alkanes) is 3. The molecule has 0 saturated carbocycles. The van der Waals surface area contributed by atoms with Crippen LogP contribution in [0.4, 0.5) is 0 Å². The van der Waals surface area contributed by atoms with Gasteiger partial charge in [0.05, 0.1) is 0 Å². The molecule has 0 spiro atoms. The van der Waals surface area contributed by atoms with Crippen LogP contribution >= 0.6 is 15.9 Å². The molecule has 0 aliphatic heterocycles. The van der Waals surface area contributed by atoms with Crippen LogP contribution in [0.25, 0.3) is 0 Å². The summed E-state index contributed by atoms with van der Waals surface area (Å²) in [6.07, 6.45) is 6.91. The second-order valence-corrected chi connectivity index (χ2v) is 5.85. The summed E-state index contributed by atoms with van der Waals surface area (Å²) in [4.78, 5) is 0. The van der Waals surface area contributed by atoms with Crippen LogP contribution in [0.3, 0.4) is 0 Å². The number of nitrogens with one attached hydrogen (secondary N) is 1. The first kappa shape index (κ1) is 14.0. The fourth-order valence-corrected chi connectivity index (χ4v) is 3.27. The molecule has 0 aromatic heterocycles. The molecule has 1 aliphatic rings. The van der Waals surface area contributed by atoms with Gasteiger partial charge in [0.2, 0.25) is 0 Å². The average Bonchev–Trinajstić information content (AvgIpc) is 2.79. The zero-order valence-electron chi connectivity index (χ0n) is 10.8. The average molecular weight is 312 g/mol. The van der Waals surface area contributed by atoms with Crippen LogP contribution in [0.15, 0.2) is 22.7 Å². The summed E-state index contributed by atoms with van der Waals surface area (Å²) in [5.41, 5.74) is 2.95. The van der Waals surface area contributed by atoms with Crippen LogP contribution in [0.5, 0.6) is 0 Å². The molecule has 2 N–H and O–H groups in total. The SMILES string of the molecule is OCCCCCCNC1CCc2c(Br)cccc21. The molecule has 2 rings (SSSR count). The molecule has 0 radical (unpaired) electrons. The van der Waals surface area contributed by atoms with Crippen molar-refractivity contribution in [3.05, 3.63) is 33.8 Å². The van der Waals surface area contributed by atoms with E-state index in [0.717, 1.165) is 19.4 Å². The zero-order valence-corrected chi connectivity index (χ0v) is 12.4. The molecule has 1 aromatic carbocycles. The third-order valence-electron chi connectivity index (χ3n) is 3.69. The molecule has 3 heteroatoms. The van der Waals surface area contributed by atoms with Crippen LogP contribution in [0.1, 0.15) is 49.3 Å². The number of hydrogen-bond acceptors (Lipinski definition) is 2. The lowest BCUT2D eigenvalue weighted by Crippen LogP contribution is -2.20. The number of rotatable bonds is 7. The lowest BCUT2D eigenvalue weighted by molar-refractivity contribution is 0.282. The largest absolute Gasteiger partial charge is 0.396 e. The van der Waals surface area contributed by atoms with Crippen molar-refractivity contribution in [2.75, 3.05) is 13.2 Å². The van der Waals surface area contributed by atoms with Gasteiger partial charge in [-0.3, -0.25) is 0 Å². The number of aliphatic hydroxyl groups is 1. The minimum atomic E-state index is 0.331. The third kappa shape index (κ3) is 3.56. The molecule has 1 aliphatic carbocycles. The van der Waals surface area contributed by atoms with Crippen molar-refractivity contribution in [3.8, 4) is 0 Å². The Morgan fingerprint density at radius 3 is 2.89 bits per heavy atom. The van der Waals surface area contributed by atoms with Crippen LogP contribution in [-0.4, -0.2) is 18.3 Å². The summed E-state index contributed by atoms with van der Waals surface area (Å²) >= 11 is 3.63. The Bertz CT molecular complexity index is 381. The van der Waals surface area contributed by atoms with Gasteiger partial charge in [0, 0.05) is 17.1 Å². The van der Waals surface area contributed by atoms with E-state index in [1.54, 1.807) is 0 Å². The fourth-order valence-electron chi connectivity index (χ4n) is 2.69. The quantitative estimate of drug-likeness (QED) is 0.754. The van der Waals surface area contributed by atoms with E-state index in [2.05, 4.69) is 39.4 Å². The predicted octanol–water partition coefficient (Wildman–Crippen LogP) is 3.58.